The van der Waals surface area contributed by atoms with Crippen molar-refractivity contribution in [3.8, 4) is 0 Å². The van der Waals surface area contributed by atoms with Crippen molar-refractivity contribution < 1.29 is 4.79 Å². The first-order valence-electron chi connectivity index (χ1n) is 5.85. The minimum absolute atomic E-state index is 0.252. The minimum atomic E-state index is -0.252. The number of aryl methyl sites for hydroxylation is 1. The highest BCUT2D eigenvalue weighted by Crippen LogP contribution is 2.11. The largest absolute Gasteiger partial charge is 0.399 e. The fourth-order valence-electron chi connectivity index (χ4n) is 1.55. The van der Waals surface area contributed by atoms with Gasteiger partial charge in [0, 0.05) is 23.1 Å². The van der Waals surface area contributed by atoms with Gasteiger partial charge < -0.3 is 11.1 Å². The lowest BCUT2D eigenvalue weighted by molar-refractivity contribution is 0.102. The van der Waals surface area contributed by atoms with E-state index < -0.39 is 0 Å². The van der Waals surface area contributed by atoms with Crippen molar-refractivity contribution in [2.24, 2.45) is 5.73 Å². The number of carbonyl (C=O) groups excluding carboxylic acids is 1. The third-order valence-electron chi connectivity index (χ3n) is 2.68. The van der Waals surface area contributed by atoms with Crippen molar-refractivity contribution in [1.82, 2.24) is 4.98 Å². The maximum atomic E-state index is 12.0. The SMILES string of the molecule is C=C(N)c1ccc(C(=O)Nc2ccc(C)cc2)nc1. The first-order valence-corrected chi connectivity index (χ1v) is 5.85. The van der Waals surface area contributed by atoms with Gasteiger partial charge in [-0.1, -0.05) is 24.3 Å². The van der Waals surface area contributed by atoms with E-state index in [9.17, 15) is 4.79 Å². The summed E-state index contributed by atoms with van der Waals surface area (Å²) >= 11 is 0. The fraction of sp³-hybridized carbons (Fsp3) is 0.0667. The molecule has 0 aliphatic carbocycles. The van der Waals surface area contributed by atoms with Crippen molar-refractivity contribution in [2.45, 2.75) is 6.92 Å². The Labute approximate surface area is 112 Å². The van der Waals surface area contributed by atoms with Gasteiger partial charge in [0.1, 0.15) is 5.69 Å². The van der Waals surface area contributed by atoms with Crippen LogP contribution in [-0.2, 0) is 0 Å². The lowest BCUT2D eigenvalue weighted by Gasteiger charge is -2.05. The molecule has 2 aromatic rings. The quantitative estimate of drug-likeness (QED) is 0.883. The van der Waals surface area contributed by atoms with Crippen LogP contribution in [0.1, 0.15) is 21.6 Å². The molecular formula is C15H15N3O. The van der Waals surface area contributed by atoms with Crippen LogP contribution in [-0.4, -0.2) is 10.9 Å². The third kappa shape index (κ3) is 3.19. The van der Waals surface area contributed by atoms with Crippen LogP contribution in [0.25, 0.3) is 5.70 Å². The molecule has 4 heteroatoms. The smallest absolute Gasteiger partial charge is 0.274 e. The summed E-state index contributed by atoms with van der Waals surface area (Å²) < 4.78 is 0. The number of aromatic nitrogens is 1. The number of anilines is 1. The molecule has 1 aromatic heterocycles. The van der Waals surface area contributed by atoms with Gasteiger partial charge in [-0.15, -0.1) is 0 Å². The number of amides is 1. The predicted molar refractivity (Wildman–Crippen MR) is 76.6 cm³/mol. The molecule has 4 nitrogen and oxygen atoms in total. The maximum Gasteiger partial charge on any atom is 0.274 e. The molecule has 1 aromatic carbocycles. The Kier molecular flexibility index (Phi) is 3.61. The Hall–Kier alpha value is -2.62. The average molecular weight is 253 g/mol. The molecule has 1 amide bonds. The molecule has 3 N–H and O–H groups in total. The summed E-state index contributed by atoms with van der Waals surface area (Å²) in [5.41, 5.74) is 8.91. The fourth-order valence-corrected chi connectivity index (χ4v) is 1.55. The van der Waals surface area contributed by atoms with Gasteiger partial charge in [-0.3, -0.25) is 9.78 Å². The molecule has 0 fully saturated rings. The number of nitrogens with two attached hydrogens (primary N) is 1. The van der Waals surface area contributed by atoms with Crippen molar-refractivity contribution in [2.75, 3.05) is 5.32 Å². The second-order valence-corrected chi connectivity index (χ2v) is 4.28. The van der Waals surface area contributed by atoms with E-state index in [1.54, 1.807) is 12.1 Å². The molecule has 0 bridgehead atoms. The molecule has 0 aliphatic rings. The monoisotopic (exact) mass is 253 g/mol. The summed E-state index contributed by atoms with van der Waals surface area (Å²) in [5.74, 6) is -0.252. The molecular weight excluding hydrogens is 238 g/mol. The number of hydrogen-bond donors (Lipinski definition) is 2. The standard InChI is InChI=1S/C15H15N3O/c1-10-3-6-13(7-4-10)18-15(19)14-8-5-12(9-17-14)11(2)16/h3-9H,2,16H2,1H3,(H,18,19). The predicted octanol–water partition coefficient (Wildman–Crippen LogP) is 2.57. The second kappa shape index (κ2) is 5.35. The van der Waals surface area contributed by atoms with E-state index in [-0.39, 0.29) is 5.91 Å². The molecule has 0 radical (unpaired) electrons. The minimum Gasteiger partial charge on any atom is -0.399 e. The summed E-state index contributed by atoms with van der Waals surface area (Å²) in [7, 11) is 0. The van der Waals surface area contributed by atoms with Crippen LogP contribution in [0, 0.1) is 6.92 Å². The van der Waals surface area contributed by atoms with Gasteiger partial charge in [0.2, 0.25) is 0 Å². The average Bonchev–Trinajstić information content (AvgIpc) is 2.41. The van der Waals surface area contributed by atoms with E-state index in [0.29, 0.717) is 17.0 Å². The van der Waals surface area contributed by atoms with Crippen LogP contribution >= 0.6 is 0 Å². The van der Waals surface area contributed by atoms with E-state index in [1.165, 1.54) is 6.20 Å². The summed E-state index contributed by atoms with van der Waals surface area (Å²) in [5, 5.41) is 2.78. The van der Waals surface area contributed by atoms with E-state index in [2.05, 4.69) is 16.9 Å². The van der Waals surface area contributed by atoms with E-state index >= 15 is 0 Å². The zero-order chi connectivity index (χ0) is 13.8. The first kappa shape index (κ1) is 12.8. The summed E-state index contributed by atoms with van der Waals surface area (Å²) in [4.78, 5) is 16.0. The summed E-state index contributed by atoms with van der Waals surface area (Å²) in [6.07, 6.45) is 1.53. The lowest BCUT2D eigenvalue weighted by Crippen LogP contribution is -2.13. The molecule has 0 atom stereocenters. The van der Waals surface area contributed by atoms with Gasteiger partial charge in [-0.25, -0.2) is 0 Å². The number of nitrogens with one attached hydrogen (secondary N) is 1. The second-order valence-electron chi connectivity index (χ2n) is 4.28. The van der Waals surface area contributed by atoms with Crippen LogP contribution in [0.3, 0.4) is 0 Å². The van der Waals surface area contributed by atoms with Gasteiger partial charge in [0.25, 0.3) is 5.91 Å². The molecule has 0 unspecified atom stereocenters. The van der Waals surface area contributed by atoms with Crippen molar-refractivity contribution >= 4 is 17.3 Å². The van der Waals surface area contributed by atoms with E-state index in [1.807, 2.05) is 31.2 Å². The van der Waals surface area contributed by atoms with Crippen LogP contribution in [0.4, 0.5) is 5.69 Å². The van der Waals surface area contributed by atoms with Crippen LogP contribution < -0.4 is 11.1 Å². The molecule has 0 saturated heterocycles. The normalized spacial score (nSPS) is 9.95. The summed E-state index contributed by atoms with van der Waals surface area (Å²) in [6.45, 7) is 5.60. The Morgan fingerprint density at radius 3 is 2.42 bits per heavy atom. The number of rotatable bonds is 3. The molecule has 0 aliphatic heterocycles. The zero-order valence-electron chi connectivity index (χ0n) is 10.7. The third-order valence-corrected chi connectivity index (χ3v) is 2.68. The van der Waals surface area contributed by atoms with Crippen LogP contribution in [0.15, 0.2) is 49.2 Å². The number of pyridine rings is 1. The van der Waals surface area contributed by atoms with Crippen LogP contribution in [0.2, 0.25) is 0 Å². The lowest BCUT2D eigenvalue weighted by atomic mass is 10.2. The molecule has 2 rings (SSSR count). The topological polar surface area (TPSA) is 68.0 Å². The van der Waals surface area contributed by atoms with E-state index in [4.69, 9.17) is 5.73 Å². The van der Waals surface area contributed by atoms with Crippen molar-refractivity contribution in [1.29, 1.82) is 0 Å². The maximum absolute atomic E-state index is 12.0. The Morgan fingerprint density at radius 1 is 1.21 bits per heavy atom. The molecule has 1 heterocycles. The molecule has 0 spiro atoms. The summed E-state index contributed by atoms with van der Waals surface area (Å²) in [6, 6.07) is 10.9. The molecule has 0 saturated carbocycles. The highest BCUT2D eigenvalue weighted by atomic mass is 16.1. The van der Waals surface area contributed by atoms with Gasteiger partial charge in [0.05, 0.1) is 0 Å². The Balaban J connectivity index is 2.11. The van der Waals surface area contributed by atoms with Crippen molar-refractivity contribution in [3.05, 3.63) is 66.0 Å². The van der Waals surface area contributed by atoms with Gasteiger partial charge in [0.15, 0.2) is 0 Å². The number of carbonyl (C=O) groups is 1. The molecule has 19 heavy (non-hydrogen) atoms. The number of benzene rings is 1. The first-order chi connectivity index (χ1) is 9.06. The zero-order valence-corrected chi connectivity index (χ0v) is 10.7. The number of nitrogens with zero attached hydrogens (tertiary/aromatic N) is 1. The Bertz CT molecular complexity index is 600. The van der Waals surface area contributed by atoms with Crippen molar-refractivity contribution in [3.63, 3.8) is 0 Å². The van der Waals surface area contributed by atoms with E-state index in [0.717, 1.165) is 11.3 Å². The van der Waals surface area contributed by atoms with Gasteiger partial charge in [-0.2, -0.15) is 0 Å². The molecule has 96 valence electrons. The highest BCUT2D eigenvalue weighted by molar-refractivity contribution is 6.02. The van der Waals surface area contributed by atoms with Crippen LogP contribution in [0.5, 0.6) is 0 Å². The van der Waals surface area contributed by atoms with Gasteiger partial charge in [-0.05, 0) is 31.2 Å². The Morgan fingerprint density at radius 2 is 1.89 bits per heavy atom. The number of hydrogen-bond acceptors (Lipinski definition) is 3. The van der Waals surface area contributed by atoms with Gasteiger partial charge >= 0.3 is 0 Å². The highest BCUT2D eigenvalue weighted by Gasteiger charge is 2.07.